The van der Waals surface area contributed by atoms with Crippen LogP contribution in [0, 0.1) is 5.41 Å². The van der Waals surface area contributed by atoms with E-state index in [2.05, 4.69) is 0 Å². The molecule has 1 atom stereocenters. The van der Waals surface area contributed by atoms with Crippen molar-refractivity contribution in [2.24, 2.45) is 5.41 Å². The normalized spacial score (nSPS) is 27.1. The Morgan fingerprint density at radius 1 is 1.47 bits per heavy atom. The first kappa shape index (κ1) is 14.3. The summed E-state index contributed by atoms with van der Waals surface area (Å²) in [6.45, 7) is 2.47. The van der Waals surface area contributed by atoms with Gasteiger partial charge in [0.05, 0.1) is 11.8 Å². The van der Waals surface area contributed by atoms with Crippen molar-refractivity contribution in [2.75, 3.05) is 19.6 Å². The molecule has 6 heteroatoms. The highest BCUT2D eigenvalue weighted by molar-refractivity contribution is 5.75. The van der Waals surface area contributed by atoms with Crippen molar-refractivity contribution in [3.05, 3.63) is 0 Å². The molecule has 0 spiro atoms. The van der Waals surface area contributed by atoms with E-state index in [4.69, 9.17) is 0 Å². The fraction of sp³-hybridized carbons (Fsp3) is 0.909. The third-order valence-electron chi connectivity index (χ3n) is 3.50. The largest absolute Gasteiger partial charge is 0.481 e. The molecule has 1 aliphatic heterocycles. The number of carboxylic acids is 1. The van der Waals surface area contributed by atoms with Crippen LogP contribution in [0.25, 0.3) is 0 Å². The Morgan fingerprint density at radius 2 is 2.12 bits per heavy atom. The van der Waals surface area contributed by atoms with Crippen LogP contribution in [-0.2, 0) is 4.79 Å². The van der Waals surface area contributed by atoms with E-state index >= 15 is 0 Å². The zero-order valence-electron chi connectivity index (χ0n) is 9.89. The van der Waals surface area contributed by atoms with E-state index < -0.39 is 24.0 Å². The summed E-state index contributed by atoms with van der Waals surface area (Å²) in [5.41, 5.74) is -0.857. The molecular formula is C11H18F3NO2. The number of likely N-dealkylation sites (tertiary alicyclic amines) is 1. The lowest BCUT2D eigenvalue weighted by atomic mass is 9.77. The molecule has 0 aromatic heterocycles. The van der Waals surface area contributed by atoms with Gasteiger partial charge in [0.15, 0.2) is 0 Å². The van der Waals surface area contributed by atoms with Crippen LogP contribution in [-0.4, -0.2) is 41.8 Å². The fourth-order valence-electron chi connectivity index (χ4n) is 2.32. The monoisotopic (exact) mass is 253 g/mol. The molecule has 1 fully saturated rings. The third-order valence-corrected chi connectivity index (χ3v) is 3.50. The van der Waals surface area contributed by atoms with Gasteiger partial charge in [-0.25, -0.2) is 0 Å². The van der Waals surface area contributed by atoms with Crippen molar-refractivity contribution in [2.45, 2.75) is 38.8 Å². The molecule has 1 heterocycles. The summed E-state index contributed by atoms with van der Waals surface area (Å²) in [5, 5.41) is 9.19. The second-order valence-corrected chi connectivity index (χ2v) is 4.68. The third kappa shape index (κ3) is 3.87. The lowest BCUT2D eigenvalue weighted by Gasteiger charge is -2.39. The molecule has 0 saturated carbocycles. The zero-order valence-corrected chi connectivity index (χ0v) is 9.89. The number of carbonyl (C=O) groups is 1. The lowest BCUT2D eigenvalue weighted by Crippen LogP contribution is -2.48. The zero-order chi connectivity index (χ0) is 13.1. The Kier molecular flexibility index (Phi) is 4.41. The highest BCUT2D eigenvalue weighted by atomic mass is 19.4. The minimum atomic E-state index is -4.17. The Bertz CT molecular complexity index is 280. The molecular weight excluding hydrogens is 235 g/mol. The van der Waals surface area contributed by atoms with Gasteiger partial charge < -0.3 is 10.0 Å². The predicted molar refractivity (Wildman–Crippen MR) is 56.7 cm³/mol. The maximum Gasteiger partial charge on any atom is 0.390 e. The van der Waals surface area contributed by atoms with Crippen LogP contribution >= 0.6 is 0 Å². The first-order chi connectivity index (χ1) is 7.79. The maximum absolute atomic E-state index is 12.1. The Morgan fingerprint density at radius 3 is 2.59 bits per heavy atom. The van der Waals surface area contributed by atoms with Crippen molar-refractivity contribution < 1.29 is 23.1 Å². The van der Waals surface area contributed by atoms with Crippen LogP contribution in [0.15, 0.2) is 0 Å². The highest BCUT2D eigenvalue weighted by Crippen LogP contribution is 2.34. The van der Waals surface area contributed by atoms with Gasteiger partial charge in [0.1, 0.15) is 0 Å². The molecule has 1 aliphatic rings. The van der Waals surface area contributed by atoms with Crippen LogP contribution in [0.4, 0.5) is 13.2 Å². The summed E-state index contributed by atoms with van der Waals surface area (Å²) in [5.74, 6) is -0.892. The number of piperidine rings is 1. The number of hydrogen-bond acceptors (Lipinski definition) is 2. The van der Waals surface area contributed by atoms with E-state index in [1.54, 1.807) is 11.8 Å². The van der Waals surface area contributed by atoms with Crippen LogP contribution in [0.5, 0.6) is 0 Å². The van der Waals surface area contributed by atoms with E-state index in [1.807, 2.05) is 0 Å². The first-order valence-electron chi connectivity index (χ1n) is 5.81. The standard InChI is InChI=1S/C11H18F3NO2/c1-2-10(9(16)17)4-3-6-15(8-10)7-5-11(12,13)14/h2-8H2,1H3,(H,16,17). The first-order valence-corrected chi connectivity index (χ1v) is 5.81. The Hall–Kier alpha value is -0.780. The molecule has 1 unspecified atom stereocenters. The number of carboxylic acid groups (broad SMARTS) is 1. The molecule has 0 bridgehead atoms. The van der Waals surface area contributed by atoms with E-state index in [-0.39, 0.29) is 13.1 Å². The molecule has 0 amide bonds. The lowest BCUT2D eigenvalue weighted by molar-refractivity contribution is -0.155. The van der Waals surface area contributed by atoms with Gasteiger partial charge in [-0.15, -0.1) is 0 Å². The molecule has 1 saturated heterocycles. The average molecular weight is 253 g/mol. The van der Waals surface area contributed by atoms with Crippen LogP contribution < -0.4 is 0 Å². The smallest absolute Gasteiger partial charge is 0.390 e. The topological polar surface area (TPSA) is 40.5 Å². The molecule has 3 nitrogen and oxygen atoms in total. The van der Waals surface area contributed by atoms with Crippen molar-refractivity contribution in [3.8, 4) is 0 Å². The van der Waals surface area contributed by atoms with Crippen molar-refractivity contribution >= 4 is 5.97 Å². The van der Waals surface area contributed by atoms with Gasteiger partial charge in [-0.05, 0) is 25.8 Å². The highest BCUT2D eigenvalue weighted by Gasteiger charge is 2.41. The van der Waals surface area contributed by atoms with E-state index in [0.717, 1.165) is 0 Å². The van der Waals surface area contributed by atoms with Crippen molar-refractivity contribution in [3.63, 3.8) is 0 Å². The van der Waals surface area contributed by atoms with E-state index in [9.17, 15) is 23.1 Å². The minimum absolute atomic E-state index is 0.0987. The van der Waals surface area contributed by atoms with Gasteiger partial charge in [-0.2, -0.15) is 13.2 Å². The summed E-state index contributed by atoms with van der Waals surface area (Å²) in [6, 6.07) is 0. The number of nitrogens with zero attached hydrogens (tertiary/aromatic N) is 1. The Balaban J connectivity index is 2.57. The minimum Gasteiger partial charge on any atom is -0.481 e. The summed E-state index contributed by atoms with van der Waals surface area (Å²) >= 11 is 0. The van der Waals surface area contributed by atoms with Gasteiger partial charge in [0.25, 0.3) is 0 Å². The van der Waals surface area contributed by atoms with Crippen LogP contribution in [0.1, 0.15) is 32.6 Å². The Labute approximate surface area is 98.6 Å². The van der Waals surface area contributed by atoms with Gasteiger partial charge >= 0.3 is 12.1 Å². The summed E-state index contributed by atoms with van der Waals surface area (Å²) < 4.78 is 36.3. The molecule has 1 N–H and O–H groups in total. The van der Waals surface area contributed by atoms with Crippen molar-refractivity contribution in [1.29, 1.82) is 0 Å². The number of alkyl halides is 3. The number of rotatable bonds is 4. The molecule has 0 aromatic rings. The van der Waals surface area contributed by atoms with Crippen LogP contribution in [0.2, 0.25) is 0 Å². The average Bonchev–Trinajstić information content (AvgIpc) is 2.25. The van der Waals surface area contributed by atoms with E-state index in [1.165, 1.54) is 0 Å². The number of halogens is 3. The van der Waals surface area contributed by atoms with Crippen molar-refractivity contribution in [1.82, 2.24) is 4.90 Å². The summed E-state index contributed by atoms with van der Waals surface area (Å²) in [6.07, 6.45) is -3.37. The maximum atomic E-state index is 12.1. The molecule has 0 aliphatic carbocycles. The summed E-state index contributed by atoms with van der Waals surface area (Å²) in [4.78, 5) is 12.8. The molecule has 17 heavy (non-hydrogen) atoms. The second kappa shape index (κ2) is 5.25. The predicted octanol–water partition coefficient (Wildman–Crippen LogP) is 2.52. The second-order valence-electron chi connectivity index (χ2n) is 4.68. The SMILES string of the molecule is CCC1(C(=O)O)CCCN(CCC(F)(F)F)C1. The van der Waals surface area contributed by atoms with E-state index in [0.29, 0.717) is 25.8 Å². The molecule has 100 valence electrons. The van der Waals surface area contributed by atoms with Crippen LogP contribution in [0.3, 0.4) is 0 Å². The molecule has 0 radical (unpaired) electrons. The van der Waals surface area contributed by atoms with Gasteiger partial charge in [0, 0.05) is 13.1 Å². The quantitative estimate of drug-likeness (QED) is 0.837. The van der Waals surface area contributed by atoms with Gasteiger partial charge in [-0.1, -0.05) is 6.92 Å². The molecule has 0 aromatic carbocycles. The summed E-state index contributed by atoms with van der Waals surface area (Å²) in [7, 11) is 0. The number of aliphatic carboxylic acids is 1. The van der Waals surface area contributed by atoms with Gasteiger partial charge in [-0.3, -0.25) is 4.79 Å². The fourth-order valence-corrected chi connectivity index (χ4v) is 2.32. The van der Waals surface area contributed by atoms with Gasteiger partial charge in [0.2, 0.25) is 0 Å². The number of hydrogen-bond donors (Lipinski definition) is 1. The molecule has 1 rings (SSSR count).